The third kappa shape index (κ3) is 4.58. The summed E-state index contributed by atoms with van der Waals surface area (Å²) < 4.78 is 0. The zero-order valence-corrected chi connectivity index (χ0v) is 13.5. The maximum Gasteiger partial charge on any atom is 0.228 e. The fraction of sp³-hybridized carbons (Fsp3) is 0.263. The maximum absolute atomic E-state index is 12.4. The van der Waals surface area contributed by atoms with Crippen molar-refractivity contribution in [1.29, 1.82) is 5.26 Å². The van der Waals surface area contributed by atoms with E-state index >= 15 is 0 Å². The molecular weight excluding hydrogens is 286 g/mol. The molecule has 0 aliphatic rings. The molecule has 0 spiro atoms. The molecule has 0 unspecified atom stereocenters. The summed E-state index contributed by atoms with van der Waals surface area (Å²) in [5.74, 6) is 0.0965. The number of carbonyl (C=O) groups is 1. The lowest BCUT2D eigenvalue weighted by Crippen LogP contribution is -2.31. The molecule has 0 aromatic heterocycles. The minimum Gasteiger partial charge on any atom is -0.385 e. The Morgan fingerprint density at radius 2 is 1.96 bits per heavy atom. The van der Waals surface area contributed by atoms with Crippen LogP contribution in [0.3, 0.4) is 0 Å². The third-order valence-corrected chi connectivity index (χ3v) is 3.61. The van der Waals surface area contributed by atoms with Crippen LogP contribution in [0.1, 0.15) is 24.5 Å². The molecule has 23 heavy (non-hydrogen) atoms. The smallest absolute Gasteiger partial charge is 0.228 e. The molecule has 0 aliphatic carbocycles. The number of hydrogen-bond donors (Lipinski definition) is 1. The summed E-state index contributed by atoms with van der Waals surface area (Å²) in [7, 11) is 0. The molecule has 0 saturated carbocycles. The second-order valence-corrected chi connectivity index (χ2v) is 5.34. The number of nitrogens with one attached hydrogen (secondary N) is 1. The molecule has 118 valence electrons. The number of nitriles is 1. The summed E-state index contributed by atoms with van der Waals surface area (Å²) in [6, 6.07) is 17.3. The summed E-state index contributed by atoms with van der Waals surface area (Å²) in [6.07, 6.45) is 0.418. The molecule has 2 rings (SSSR count). The van der Waals surface area contributed by atoms with Crippen LogP contribution in [0.4, 0.5) is 11.4 Å². The number of nitrogens with zero attached hydrogens (tertiary/aromatic N) is 2. The first-order valence-electron chi connectivity index (χ1n) is 7.75. The summed E-state index contributed by atoms with van der Waals surface area (Å²) >= 11 is 0. The van der Waals surface area contributed by atoms with E-state index in [9.17, 15) is 4.79 Å². The molecule has 2 aromatic rings. The Balaban J connectivity index is 1.91. The molecule has 0 saturated heterocycles. The fourth-order valence-corrected chi connectivity index (χ4v) is 2.41. The summed E-state index contributed by atoms with van der Waals surface area (Å²) in [4.78, 5) is 14.2. The van der Waals surface area contributed by atoms with Crippen LogP contribution in [-0.4, -0.2) is 19.0 Å². The Kier molecular flexibility index (Phi) is 5.76. The van der Waals surface area contributed by atoms with Crippen LogP contribution in [0, 0.1) is 18.3 Å². The lowest BCUT2D eigenvalue weighted by Gasteiger charge is -2.21. The Morgan fingerprint density at radius 1 is 1.22 bits per heavy atom. The van der Waals surface area contributed by atoms with E-state index < -0.39 is 0 Å². The Bertz CT molecular complexity index is 701. The quantitative estimate of drug-likeness (QED) is 0.885. The number of amides is 1. The lowest BCUT2D eigenvalue weighted by molar-refractivity contribution is -0.118. The van der Waals surface area contributed by atoms with Gasteiger partial charge in [0, 0.05) is 30.9 Å². The van der Waals surface area contributed by atoms with Crippen LogP contribution in [0.25, 0.3) is 0 Å². The van der Waals surface area contributed by atoms with Gasteiger partial charge in [-0.1, -0.05) is 12.1 Å². The van der Waals surface area contributed by atoms with Crippen LogP contribution in [0.2, 0.25) is 0 Å². The SMILES string of the molecule is CCN(C(=O)CCNc1ccc(C#N)cc1)c1cccc(C)c1. The first-order valence-corrected chi connectivity index (χ1v) is 7.75. The minimum absolute atomic E-state index is 0.0965. The second-order valence-electron chi connectivity index (χ2n) is 5.34. The first kappa shape index (κ1) is 16.6. The molecule has 0 aliphatic heterocycles. The molecule has 4 heteroatoms. The van der Waals surface area contributed by atoms with Gasteiger partial charge in [0.1, 0.15) is 0 Å². The number of benzene rings is 2. The van der Waals surface area contributed by atoms with Gasteiger partial charge in [-0.25, -0.2) is 0 Å². The van der Waals surface area contributed by atoms with Crippen molar-refractivity contribution in [2.45, 2.75) is 20.3 Å². The van der Waals surface area contributed by atoms with Gasteiger partial charge in [-0.3, -0.25) is 4.79 Å². The summed E-state index contributed by atoms with van der Waals surface area (Å²) in [5, 5.41) is 12.0. The molecule has 0 heterocycles. The zero-order chi connectivity index (χ0) is 16.7. The van der Waals surface area contributed by atoms with Crippen LogP contribution >= 0.6 is 0 Å². The molecule has 1 N–H and O–H groups in total. The van der Waals surface area contributed by atoms with E-state index in [1.807, 2.05) is 50.2 Å². The van der Waals surface area contributed by atoms with Crippen molar-refractivity contribution in [3.8, 4) is 6.07 Å². The van der Waals surface area contributed by atoms with Gasteiger partial charge in [-0.05, 0) is 55.8 Å². The zero-order valence-electron chi connectivity index (χ0n) is 13.5. The van der Waals surface area contributed by atoms with Crippen molar-refractivity contribution >= 4 is 17.3 Å². The molecule has 0 fully saturated rings. The van der Waals surface area contributed by atoms with E-state index in [4.69, 9.17) is 5.26 Å². The predicted molar refractivity (Wildman–Crippen MR) is 93.5 cm³/mol. The van der Waals surface area contributed by atoms with Gasteiger partial charge in [-0.15, -0.1) is 0 Å². The van der Waals surface area contributed by atoms with Gasteiger partial charge in [0.05, 0.1) is 11.6 Å². The van der Waals surface area contributed by atoms with Crippen LogP contribution in [0.15, 0.2) is 48.5 Å². The van der Waals surface area contributed by atoms with Crippen molar-refractivity contribution in [1.82, 2.24) is 0 Å². The van der Waals surface area contributed by atoms with E-state index in [1.54, 1.807) is 17.0 Å². The second kappa shape index (κ2) is 8.00. The molecule has 1 amide bonds. The first-order chi connectivity index (χ1) is 11.1. The highest BCUT2D eigenvalue weighted by atomic mass is 16.2. The third-order valence-electron chi connectivity index (χ3n) is 3.61. The largest absolute Gasteiger partial charge is 0.385 e. The van der Waals surface area contributed by atoms with E-state index in [-0.39, 0.29) is 5.91 Å². The molecule has 2 aromatic carbocycles. The van der Waals surface area contributed by atoms with E-state index in [1.165, 1.54) is 0 Å². The van der Waals surface area contributed by atoms with Crippen molar-refractivity contribution in [2.75, 3.05) is 23.3 Å². The van der Waals surface area contributed by atoms with Gasteiger partial charge in [0.2, 0.25) is 5.91 Å². The van der Waals surface area contributed by atoms with Gasteiger partial charge in [-0.2, -0.15) is 5.26 Å². The molecule has 0 bridgehead atoms. The highest BCUT2D eigenvalue weighted by Crippen LogP contribution is 2.17. The van der Waals surface area contributed by atoms with Crippen molar-refractivity contribution in [3.63, 3.8) is 0 Å². The van der Waals surface area contributed by atoms with E-state index in [0.717, 1.165) is 16.9 Å². The molecular formula is C19H21N3O. The van der Waals surface area contributed by atoms with Crippen LogP contribution in [-0.2, 0) is 4.79 Å². The lowest BCUT2D eigenvalue weighted by atomic mass is 10.2. The van der Waals surface area contributed by atoms with Crippen molar-refractivity contribution in [2.24, 2.45) is 0 Å². The number of carbonyl (C=O) groups excluding carboxylic acids is 1. The summed E-state index contributed by atoms with van der Waals surface area (Å²) in [5.41, 5.74) is 3.62. The van der Waals surface area contributed by atoms with Gasteiger partial charge < -0.3 is 10.2 Å². The van der Waals surface area contributed by atoms with Crippen molar-refractivity contribution in [3.05, 3.63) is 59.7 Å². The fourth-order valence-electron chi connectivity index (χ4n) is 2.41. The highest BCUT2D eigenvalue weighted by Gasteiger charge is 2.13. The Hall–Kier alpha value is -2.80. The van der Waals surface area contributed by atoms with Gasteiger partial charge in [0.15, 0.2) is 0 Å². The highest BCUT2D eigenvalue weighted by molar-refractivity contribution is 5.93. The topological polar surface area (TPSA) is 56.1 Å². The van der Waals surface area contributed by atoms with Crippen LogP contribution in [0.5, 0.6) is 0 Å². The Morgan fingerprint density at radius 3 is 2.57 bits per heavy atom. The molecule has 0 radical (unpaired) electrons. The number of aryl methyl sites for hydroxylation is 1. The minimum atomic E-state index is 0.0965. The Labute approximate surface area is 137 Å². The number of hydrogen-bond acceptors (Lipinski definition) is 3. The molecule has 4 nitrogen and oxygen atoms in total. The molecule has 0 atom stereocenters. The number of anilines is 2. The van der Waals surface area contributed by atoms with E-state index in [0.29, 0.717) is 25.1 Å². The monoisotopic (exact) mass is 307 g/mol. The number of rotatable bonds is 6. The maximum atomic E-state index is 12.4. The van der Waals surface area contributed by atoms with Crippen LogP contribution < -0.4 is 10.2 Å². The van der Waals surface area contributed by atoms with Gasteiger partial charge >= 0.3 is 0 Å². The van der Waals surface area contributed by atoms with E-state index in [2.05, 4.69) is 11.4 Å². The average molecular weight is 307 g/mol. The standard InChI is InChI=1S/C19H21N3O/c1-3-22(18-6-4-5-15(2)13-18)19(23)11-12-21-17-9-7-16(14-20)8-10-17/h4-10,13,21H,3,11-12H2,1-2H3. The predicted octanol–water partition coefficient (Wildman–Crippen LogP) is 3.72. The normalized spacial score (nSPS) is 9.96. The van der Waals surface area contributed by atoms with Gasteiger partial charge in [0.25, 0.3) is 0 Å². The average Bonchev–Trinajstić information content (AvgIpc) is 2.56. The summed E-state index contributed by atoms with van der Waals surface area (Å²) in [6.45, 7) is 5.22. The van der Waals surface area contributed by atoms with Crippen molar-refractivity contribution < 1.29 is 4.79 Å².